The fourth-order valence-corrected chi connectivity index (χ4v) is 5.45. The topological polar surface area (TPSA) is 108 Å². The Labute approximate surface area is 174 Å². The third-order valence-corrected chi connectivity index (χ3v) is 7.02. The Kier molecular flexibility index (Phi) is 4.91. The van der Waals surface area contributed by atoms with Crippen molar-refractivity contribution in [1.82, 2.24) is 20.9 Å². The van der Waals surface area contributed by atoms with E-state index in [1.54, 1.807) is 12.1 Å². The number of rotatable bonds is 5. The molecule has 2 bridgehead atoms. The maximum atomic E-state index is 13.1. The largest absolute Gasteiger partial charge is 0.311 e. The summed E-state index contributed by atoms with van der Waals surface area (Å²) in [6.07, 6.45) is 5.37. The van der Waals surface area contributed by atoms with Crippen LogP contribution < -0.4 is 16.0 Å². The van der Waals surface area contributed by atoms with Crippen LogP contribution in [-0.2, 0) is 16.1 Å². The highest BCUT2D eigenvalue weighted by Gasteiger charge is 2.45. The van der Waals surface area contributed by atoms with Gasteiger partial charge in [0.1, 0.15) is 6.04 Å². The lowest BCUT2D eigenvalue weighted by molar-refractivity contribution is -0.136. The van der Waals surface area contributed by atoms with Crippen molar-refractivity contribution in [3.05, 3.63) is 34.9 Å². The molecule has 1 aliphatic carbocycles. The summed E-state index contributed by atoms with van der Waals surface area (Å²) in [5.41, 5.74) is 1.47. The van der Waals surface area contributed by atoms with E-state index in [-0.39, 0.29) is 18.7 Å². The average molecular weight is 410 g/mol. The van der Waals surface area contributed by atoms with Crippen LogP contribution in [0.2, 0.25) is 0 Å². The summed E-state index contributed by atoms with van der Waals surface area (Å²) in [7, 11) is 0. The predicted molar refractivity (Wildman–Crippen MR) is 107 cm³/mol. The molecule has 4 amide bonds. The summed E-state index contributed by atoms with van der Waals surface area (Å²) >= 11 is 0. The molecule has 2 atom stereocenters. The van der Waals surface area contributed by atoms with Gasteiger partial charge in [-0.25, -0.2) is 0 Å². The maximum Gasteiger partial charge on any atom is 0.262 e. The molecule has 0 spiro atoms. The number of carbonyl (C=O) groups is 4. The van der Waals surface area contributed by atoms with E-state index in [1.165, 1.54) is 25.7 Å². The molecule has 4 heterocycles. The summed E-state index contributed by atoms with van der Waals surface area (Å²) < 4.78 is 0. The number of benzene rings is 1. The van der Waals surface area contributed by atoms with E-state index in [4.69, 9.17) is 0 Å². The Morgan fingerprint density at radius 2 is 1.80 bits per heavy atom. The van der Waals surface area contributed by atoms with Crippen molar-refractivity contribution in [3.8, 4) is 0 Å². The van der Waals surface area contributed by atoms with Crippen LogP contribution in [0.3, 0.4) is 0 Å². The van der Waals surface area contributed by atoms with Gasteiger partial charge >= 0.3 is 0 Å². The molecule has 0 radical (unpaired) electrons. The fourth-order valence-electron chi connectivity index (χ4n) is 5.45. The zero-order chi connectivity index (χ0) is 20.8. The van der Waals surface area contributed by atoms with E-state index >= 15 is 0 Å². The van der Waals surface area contributed by atoms with Crippen molar-refractivity contribution < 1.29 is 19.2 Å². The lowest BCUT2D eigenvalue weighted by Crippen LogP contribution is -2.55. The number of piperidine rings is 3. The smallest absolute Gasteiger partial charge is 0.262 e. The molecule has 1 aromatic carbocycles. The lowest BCUT2D eigenvalue weighted by Gasteiger charge is -2.43. The number of nitrogens with zero attached hydrogens (tertiary/aromatic N) is 1. The van der Waals surface area contributed by atoms with E-state index in [0.29, 0.717) is 35.7 Å². The molecule has 6 rings (SSSR count). The molecular formula is C22H26N4O4. The average Bonchev–Trinajstić information content (AvgIpc) is 3.00. The quantitative estimate of drug-likeness (QED) is 0.617. The highest BCUT2D eigenvalue weighted by atomic mass is 16.2. The minimum absolute atomic E-state index is 0.120. The second kappa shape index (κ2) is 7.59. The van der Waals surface area contributed by atoms with Gasteiger partial charge in [-0.15, -0.1) is 0 Å². The van der Waals surface area contributed by atoms with Crippen molar-refractivity contribution in [1.29, 1.82) is 0 Å². The molecule has 4 fully saturated rings. The summed E-state index contributed by atoms with van der Waals surface area (Å²) in [5, 5.41) is 9.39. The normalized spacial score (nSPS) is 30.6. The molecule has 30 heavy (non-hydrogen) atoms. The monoisotopic (exact) mass is 410 g/mol. The van der Waals surface area contributed by atoms with Gasteiger partial charge < -0.3 is 10.6 Å². The first-order valence-electron chi connectivity index (χ1n) is 10.8. The molecule has 3 saturated heterocycles. The number of amides is 4. The number of fused-ring (bicyclic) bond motifs is 4. The maximum absolute atomic E-state index is 13.1. The molecule has 1 saturated carbocycles. The van der Waals surface area contributed by atoms with E-state index in [1.807, 2.05) is 6.07 Å². The van der Waals surface area contributed by atoms with Gasteiger partial charge in [-0.2, -0.15) is 0 Å². The predicted octanol–water partition coefficient (Wildman–Crippen LogP) is 0.708. The van der Waals surface area contributed by atoms with E-state index < -0.39 is 23.8 Å². The Bertz CT molecular complexity index is 922. The van der Waals surface area contributed by atoms with E-state index in [9.17, 15) is 19.2 Å². The SMILES string of the molecule is O=C1CCC(N2C(=O)c3cccc(CNCC4NC5CCC4CC5)c3C2=O)C(=O)N1. The van der Waals surface area contributed by atoms with Crippen LogP contribution in [0.25, 0.3) is 0 Å². The molecular weight excluding hydrogens is 384 g/mol. The van der Waals surface area contributed by atoms with Crippen LogP contribution in [0, 0.1) is 5.92 Å². The zero-order valence-corrected chi connectivity index (χ0v) is 16.8. The summed E-state index contributed by atoms with van der Waals surface area (Å²) in [6, 6.07) is 5.40. The van der Waals surface area contributed by atoms with E-state index in [0.717, 1.165) is 17.0 Å². The first kappa shape index (κ1) is 19.4. The van der Waals surface area contributed by atoms with Gasteiger partial charge in [0.15, 0.2) is 0 Å². The van der Waals surface area contributed by atoms with Gasteiger partial charge in [-0.1, -0.05) is 12.1 Å². The molecule has 8 heteroatoms. The molecule has 5 aliphatic rings. The third kappa shape index (κ3) is 3.24. The Morgan fingerprint density at radius 3 is 2.50 bits per heavy atom. The highest BCUT2D eigenvalue weighted by molar-refractivity contribution is 6.24. The van der Waals surface area contributed by atoms with Crippen LogP contribution in [0.15, 0.2) is 18.2 Å². The van der Waals surface area contributed by atoms with Crippen LogP contribution in [0.1, 0.15) is 64.8 Å². The molecule has 2 unspecified atom stereocenters. The molecule has 0 aromatic heterocycles. The molecule has 3 N–H and O–H groups in total. The Hall–Kier alpha value is -2.58. The van der Waals surface area contributed by atoms with Gasteiger partial charge in [0.25, 0.3) is 11.8 Å². The standard InChI is InChI=1S/C22H26N4O4/c27-18-9-8-17(20(28)25-18)26-21(29)15-3-1-2-13(19(15)22(26)30)10-23-11-16-12-4-6-14(24-16)7-5-12/h1-3,12,14,16-17,23-24H,4-11H2,(H,25,27,28). The summed E-state index contributed by atoms with van der Waals surface area (Å²) in [4.78, 5) is 50.7. The minimum Gasteiger partial charge on any atom is -0.311 e. The molecule has 158 valence electrons. The van der Waals surface area contributed by atoms with Crippen molar-refractivity contribution in [3.63, 3.8) is 0 Å². The first-order valence-corrected chi connectivity index (χ1v) is 10.8. The van der Waals surface area contributed by atoms with Crippen molar-refractivity contribution in [2.24, 2.45) is 5.92 Å². The van der Waals surface area contributed by atoms with E-state index in [2.05, 4.69) is 16.0 Å². The summed E-state index contributed by atoms with van der Waals surface area (Å²) in [6.45, 7) is 1.31. The van der Waals surface area contributed by atoms with Crippen LogP contribution >= 0.6 is 0 Å². The van der Waals surface area contributed by atoms with Crippen LogP contribution in [0.5, 0.6) is 0 Å². The lowest BCUT2D eigenvalue weighted by atomic mass is 9.76. The summed E-state index contributed by atoms with van der Waals surface area (Å²) in [5.74, 6) is -1.16. The van der Waals surface area contributed by atoms with Crippen LogP contribution in [-0.4, -0.2) is 53.2 Å². The second-order valence-electron chi connectivity index (χ2n) is 8.80. The minimum atomic E-state index is -0.933. The molecule has 1 aromatic rings. The number of carbonyl (C=O) groups excluding carboxylic acids is 4. The van der Waals surface area contributed by atoms with Gasteiger partial charge in [-0.05, 0) is 49.7 Å². The van der Waals surface area contributed by atoms with Gasteiger partial charge in [0, 0.05) is 31.6 Å². The third-order valence-electron chi connectivity index (χ3n) is 7.02. The number of nitrogens with one attached hydrogen (secondary N) is 3. The first-order chi connectivity index (χ1) is 14.5. The Balaban J connectivity index is 1.30. The molecule has 4 aliphatic heterocycles. The number of hydrogen-bond acceptors (Lipinski definition) is 6. The van der Waals surface area contributed by atoms with Crippen molar-refractivity contribution in [2.75, 3.05) is 6.54 Å². The highest BCUT2D eigenvalue weighted by Crippen LogP contribution is 2.33. The molecule has 8 nitrogen and oxygen atoms in total. The van der Waals surface area contributed by atoms with Crippen molar-refractivity contribution in [2.45, 2.75) is 63.2 Å². The van der Waals surface area contributed by atoms with Crippen LogP contribution in [0.4, 0.5) is 0 Å². The van der Waals surface area contributed by atoms with Gasteiger partial charge in [0.2, 0.25) is 11.8 Å². The van der Waals surface area contributed by atoms with Crippen molar-refractivity contribution >= 4 is 23.6 Å². The van der Waals surface area contributed by atoms with Gasteiger partial charge in [0.05, 0.1) is 11.1 Å². The number of imide groups is 2. The second-order valence-corrected chi connectivity index (χ2v) is 8.80. The van der Waals surface area contributed by atoms with Gasteiger partial charge in [-0.3, -0.25) is 29.4 Å². The fraction of sp³-hybridized carbons (Fsp3) is 0.545. The number of hydrogen-bond donors (Lipinski definition) is 3. The zero-order valence-electron chi connectivity index (χ0n) is 16.8. The Morgan fingerprint density at radius 1 is 1.00 bits per heavy atom.